The van der Waals surface area contributed by atoms with E-state index in [1.165, 1.54) is 102 Å². The number of carbonyl (C=O) groups excluding carboxylic acids is 2. The van der Waals surface area contributed by atoms with Crippen molar-refractivity contribution in [3.05, 3.63) is 23.8 Å². The number of hydrogen-bond acceptors (Lipinski definition) is 4. The summed E-state index contributed by atoms with van der Waals surface area (Å²) < 4.78 is 28.7. The molecule has 0 radical (unpaired) electrons. The molecule has 0 aromatic rings. The monoisotopic (exact) mass is 669 g/mol. The van der Waals surface area contributed by atoms with Gasteiger partial charge in [0.2, 0.25) is 0 Å². The highest BCUT2D eigenvalue weighted by Crippen LogP contribution is 2.21. The van der Waals surface area contributed by atoms with Crippen LogP contribution < -0.4 is 10.6 Å². The third-order valence-corrected chi connectivity index (χ3v) is 9.41. The van der Waals surface area contributed by atoms with Crippen LogP contribution in [0.15, 0.2) is 23.8 Å². The van der Waals surface area contributed by atoms with Crippen molar-refractivity contribution in [2.45, 2.75) is 198 Å². The maximum atomic E-state index is 14.3. The van der Waals surface area contributed by atoms with Crippen LogP contribution in [0.5, 0.6) is 0 Å². The van der Waals surface area contributed by atoms with Crippen molar-refractivity contribution in [3.8, 4) is 0 Å². The molecule has 0 saturated heterocycles. The number of hydrogen-bond donors (Lipinski definition) is 4. The van der Waals surface area contributed by atoms with Crippen LogP contribution in [0.1, 0.15) is 186 Å². The molecule has 274 valence electrons. The summed E-state index contributed by atoms with van der Waals surface area (Å²) in [4.78, 5) is 24.6. The molecule has 0 heterocycles. The number of carbonyl (C=O) groups is 2. The summed E-state index contributed by atoms with van der Waals surface area (Å²) in [5, 5.41) is 23.0. The molecule has 0 aromatic carbocycles. The first-order valence-corrected chi connectivity index (χ1v) is 19.5. The van der Waals surface area contributed by atoms with Gasteiger partial charge in [-0.1, -0.05) is 128 Å². The van der Waals surface area contributed by atoms with Gasteiger partial charge in [0, 0.05) is 25.3 Å². The Labute approximate surface area is 286 Å². The topological polar surface area (TPSA) is 98.7 Å². The van der Waals surface area contributed by atoms with Gasteiger partial charge in [0.1, 0.15) is 0 Å². The van der Waals surface area contributed by atoms with Crippen LogP contribution in [0, 0.1) is 0 Å². The van der Waals surface area contributed by atoms with E-state index in [4.69, 9.17) is 10.2 Å². The minimum absolute atomic E-state index is 0.226. The highest BCUT2D eigenvalue weighted by Gasteiger charge is 2.28. The summed E-state index contributed by atoms with van der Waals surface area (Å²) in [6, 6.07) is -0.451. The standard InChI is InChI=1S/C39H70F2N2O4/c40-36(27-23-19-15-11-7-3-1-5-9-13-17-21-25-31-44)38(46)42-34-29-30-35(33-34)43-39(47)37(41)28-24-20-16-12-8-4-2-6-10-14-18-22-26-32-45/h27-28,34-35,44-45H,1-26,29-33H2,(H,42,46)(H,43,47). The minimum atomic E-state index is -0.744. The fraction of sp³-hybridized carbons (Fsp3) is 0.846. The number of rotatable bonds is 32. The summed E-state index contributed by atoms with van der Waals surface area (Å²) in [5.74, 6) is -2.89. The van der Waals surface area contributed by atoms with E-state index in [0.717, 1.165) is 64.2 Å². The molecule has 0 aromatic heterocycles. The summed E-state index contributed by atoms with van der Waals surface area (Å²) in [5.41, 5.74) is 0. The molecular weight excluding hydrogens is 598 g/mol. The quantitative estimate of drug-likeness (QED) is 0.0424. The number of unbranched alkanes of at least 4 members (excludes halogenated alkanes) is 24. The lowest BCUT2D eigenvalue weighted by atomic mass is 10.0. The van der Waals surface area contributed by atoms with Crippen LogP contribution in [0.25, 0.3) is 0 Å². The smallest absolute Gasteiger partial charge is 0.279 e. The Morgan fingerprint density at radius 3 is 1.00 bits per heavy atom. The molecule has 6 nitrogen and oxygen atoms in total. The Bertz CT molecular complexity index is 770. The van der Waals surface area contributed by atoms with Crippen molar-refractivity contribution >= 4 is 11.8 Å². The van der Waals surface area contributed by atoms with Gasteiger partial charge in [-0.15, -0.1) is 0 Å². The molecule has 1 aliphatic rings. The molecule has 0 spiro atoms. The number of amides is 2. The zero-order valence-electron chi connectivity index (χ0n) is 29.7. The van der Waals surface area contributed by atoms with E-state index in [-0.39, 0.29) is 12.1 Å². The van der Waals surface area contributed by atoms with Crippen LogP contribution in [0.2, 0.25) is 0 Å². The fourth-order valence-corrected chi connectivity index (χ4v) is 6.44. The molecule has 1 saturated carbocycles. The molecule has 8 heteroatoms. The first kappa shape index (κ1) is 43.2. The van der Waals surface area contributed by atoms with Crippen LogP contribution in [0.4, 0.5) is 8.78 Å². The molecule has 1 fully saturated rings. The van der Waals surface area contributed by atoms with Crippen molar-refractivity contribution in [2.24, 2.45) is 0 Å². The Balaban J connectivity index is 2.04. The highest BCUT2D eigenvalue weighted by atomic mass is 19.1. The lowest BCUT2D eigenvalue weighted by Gasteiger charge is -2.14. The normalized spacial score (nSPS) is 16.9. The summed E-state index contributed by atoms with van der Waals surface area (Å²) >= 11 is 0. The van der Waals surface area contributed by atoms with Gasteiger partial charge in [-0.3, -0.25) is 9.59 Å². The van der Waals surface area contributed by atoms with Crippen LogP contribution >= 0.6 is 0 Å². The molecular formula is C39H70F2N2O4. The summed E-state index contributed by atoms with van der Waals surface area (Å²) in [6.45, 7) is 0.607. The third-order valence-electron chi connectivity index (χ3n) is 9.41. The van der Waals surface area contributed by atoms with E-state index in [2.05, 4.69) is 10.6 Å². The largest absolute Gasteiger partial charge is 0.396 e. The molecule has 2 unspecified atom stereocenters. The average molecular weight is 669 g/mol. The molecule has 2 atom stereocenters. The van der Waals surface area contributed by atoms with Crippen molar-refractivity contribution in [1.82, 2.24) is 10.6 Å². The van der Waals surface area contributed by atoms with Crippen molar-refractivity contribution in [1.29, 1.82) is 0 Å². The molecule has 0 aliphatic heterocycles. The Kier molecular flexibility index (Phi) is 28.9. The van der Waals surface area contributed by atoms with E-state index in [1.54, 1.807) is 0 Å². The van der Waals surface area contributed by atoms with Gasteiger partial charge in [0.25, 0.3) is 11.8 Å². The fourth-order valence-electron chi connectivity index (χ4n) is 6.44. The van der Waals surface area contributed by atoms with Crippen LogP contribution in [-0.4, -0.2) is 47.3 Å². The zero-order chi connectivity index (χ0) is 34.2. The Morgan fingerprint density at radius 2 is 0.723 bits per heavy atom. The van der Waals surface area contributed by atoms with Gasteiger partial charge in [-0.2, -0.15) is 0 Å². The zero-order valence-corrected chi connectivity index (χ0v) is 29.7. The van der Waals surface area contributed by atoms with E-state index < -0.39 is 23.5 Å². The number of halogens is 2. The van der Waals surface area contributed by atoms with Crippen molar-refractivity contribution in [2.75, 3.05) is 13.2 Å². The highest BCUT2D eigenvalue weighted by molar-refractivity contribution is 5.92. The lowest BCUT2D eigenvalue weighted by Crippen LogP contribution is -2.37. The van der Waals surface area contributed by atoms with Crippen LogP contribution in [0.3, 0.4) is 0 Å². The van der Waals surface area contributed by atoms with E-state index in [0.29, 0.717) is 45.3 Å². The molecule has 1 aliphatic carbocycles. The Morgan fingerprint density at radius 1 is 0.468 bits per heavy atom. The Hall–Kier alpha value is -1.80. The van der Waals surface area contributed by atoms with Gasteiger partial charge in [0.15, 0.2) is 11.7 Å². The number of allylic oxidation sites excluding steroid dienone is 2. The maximum absolute atomic E-state index is 14.3. The predicted octanol–water partition coefficient (Wildman–Crippen LogP) is 9.97. The maximum Gasteiger partial charge on any atom is 0.279 e. The van der Waals surface area contributed by atoms with Gasteiger partial charge in [-0.05, 0) is 69.9 Å². The third kappa shape index (κ3) is 25.8. The summed E-state index contributed by atoms with van der Waals surface area (Å²) in [7, 11) is 0. The second kappa shape index (κ2) is 31.5. The van der Waals surface area contributed by atoms with Crippen LogP contribution in [-0.2, 0) is 9.59 Å². The summed E-state index contributed by atoms with van der Waals surface area (Å²) in [6.07, 6.45) is 33.3. The van der Waals surface area contributed by atoms with E-state index >= 15 is 0 Å². The van der Waals surface area contributed by atoms with E-state index in [9.17, 15) is 18.4 Å². The van der Waals surface area contributed by atoms with Gasteiger partial charge >= 0.3 is 0 Å². The first-order valence-electron chi connectivity index (χ1n) is 19.5. The minimum Gasteiger partial charge on any atom is -0.396 e. The van der Waals surface area contributed by atoms with Gasteiger partial charge in [0.05, 0.1) is 0 Å². The van der Waals surface area contributed by atoms with Crippen molar-refractivity contribution in [3.63, 3.8) is 0 Å². The average Bonchev–Trinajstić information content (AvgIpc) is 3.50. The predicted molar refractivity (Wildman–Crippen MR) is 190 cm³/mol. The number of nitrogens with one attached hydrogen (secondary N) is 2. The van der Waals surface area contributed by atoms with Crippen molar-refractivity contribution < 1.29 is 28.6 Å². The van der Waals surface area contributed by atoms with Gasteiger partial charge in [-0.25, -0.2) is 8.78 Å². The second-order valence-corrected chi connectivity index (χ2v) is 13.8. The molecule has 4 N–H and O–H groups in total. The second-order valence-electron chi connectivity index (χ2n) is 13.8. The molecule has 2 amide bonds. The first-order chi connectivity index (χ1) is 23.0. The lowest BCUT2D eigenvalue weighted by molar-refractivity contribution is -0.119. The molecule has 1 rings (SSSR count). The van der Waals surface area contributed by atoms with Gasteiger partial charge < -0.3 is 20.8 Å². The van der Waals surface area contributed by atoms with E-state index in [1.807, 2.05) is 0 Å². The molecule has 0 bridgehead atoms. The number of aliphatic hydroxyl groups excluding tert-OH is 2. The SMILES string of the molecule is O=C(NC1CCC(NC(=O)C(F)=CCCCCCCCCCCCCCCO)C1)C(F)=CCCCCCCCCCCCCCCO. The molecule has 47 heavy (non-hydrogen) atoms. The number of aliphatic hydroxyl groups is 2.